The van der Waals surface area contributed by atoms with Crippen molar-refractivity contribution in [3.8, 4) is 5.75 Å². The predicted octanol–water partition coefficient (Wildman–Crippen LogP) is 4.37. The molecule has 29 heavy (non-hydrogen) atoms. The molecule has 1 aliphatic rings. The highest BCUT2D eigenvalue weighted by Gasteiger charge is 2.32. The summed E-state index contributed by atoms with van der Waals surface area (Å²) < 4.78 is 5.58. The number of benzene rings is 2. The lowest BCUT2D eigenvalue weighted by Gasteiger charge is -2.30. The van der Waals surface area contributed by atoms with Crippen LogP contribution in [0.25, 0.3) is 0 Å². The minimum absolute atomic E-state index is 0.0474. The van der Waals surface area contributed by atoms with Crippen LogP contribution in [0.2, 0.25) is 0 Å². The number of thioether (sulfide) groups is 1. The van der Waals surface area contributed by atoms with Crippen LogP contribution >= 0.6 is 11.8 Å². The number of amides is 2. The summed E-state index contributed by atoms with van der Waals surface area (Å²) in [4.78, 5) is 29.4. The first-order chi connectivity index (χ1) is 14.0. The number of ether oxygens (including phenoxy) is 1. The number of nitrogens with zero attached hydrogens (tertiary/aromatic N) is 1. The minimum Gasteiger partial charge on any atom is -0.493 e. The van der Waals surface area contributed by atoms with Crippen molar-refractivity contribution in [3.63, 3.8) is 0 Å². The average Bonchev–Trinajstić information content (AvgIpc) is 2.94. The molecule has 0 unspecified atom stereocenters. The molecule has 154 valence electrons. The van der Waals surface area contributed by atoms with E-state index in [2.05, 4.69) is 5.32 Å². The maximum atomic E-state index is 13.5. The van der Waals surface area contributed by atoms with E-state index in [1.165, 1.54) is 0 Å². The van der Waals surface area contributed by atoms with Crippen LogP contribution in [0.3, 0.4) is 0 Å². The number of anilines is 1. The smallest absolute Gasteiger partial charge is 0.255 e. The molecular formula is C23H28N2O3S. The minimum atomic E-state index is -0.617. The molecule has 2 aromatic rings. The van der Waals surface area contributed by atoms with Crippen LogP contribution in [0.4, 0.5) is 5.69 Å². The van der Waals surface area contributed by atoms with Crippen molar-refractivity contribution in [1.29, 1.82) is 0 Å². The Morgan fingerprint density at radius 2 is 1.86 bits per heavy atom. The zero-order valence-corrected chi connectivity index (χ0v) is 18.0. The van der Waals surface area contributed by atoms with Gasteiger partial charge in [0.25, 0.3) is 5.91 Å². The van der Waals surface area contributed by atoms with E-state index >= 15 is 0 Å². The molecular weight excluding hydrogens is 384 g/mol. The first-order valence-electron chi connectivity index (χ1n) is 10.1. The third kappa shape index (κ3) is 4.93. The average molecular weight is 413 g/mol. The number of rotatable bonds is 6. The standard InChI is InChI=1S/C23H28N2O3S/c1-4-28-19-12-7-5-10-17(19)22(26)24-21(16(2)3)23(27)25-14-9-15-29-20-13-8-6-11-18(20)25/h5-8,10-13,16,21H,4,9,14-15H2,1-3H3,(H,24,26)/t21-/m0/s1. The second-order valence-electron chi connectivity index (χ2n) is 7.28. The van der Waals surface area contributed by atoms with E-state index in [0.717, 1.165) is 22.8 Å². The van der Waals surface area contributed by atoms with Gasteiger partial charge in [0.1, 0.15) is 11.8 Å². The molecule has 1 aliphatic heterocycles. The number of carbonyl (C=O) groups is 2. The Bertz CT molecular complexity index is 869. The molecule has 1 atom stereocenters. The SMILES string of the molecule is CCOc1ccccc1C(=O)N[C@H](C(=O)N1CCCSc2ccccc21)C(C)C. The van der Waals surface area contributed by atoms with Crippen LogP contribution in [-0.4, -0.2) is 36.8 Å². The lowest BCUT2D eigenvalue weighted by Crippen LogP contribution is -2.51. The fourth-order valence-electron chi connectivity index (χ4n) is 3.39. The summed E-state index contributed by atoms with van der Waals surface area (Å²) in [6.45, 7) is 6.91. The quantitative estimate of drug-likeness (QED) is 0.765. The molecule has 0 aliphatic carbocycles. The monoisotopic (exact) mass is 412 g/mol. The van der Waals surface area contributed by atoms with Gasteiger partial charge in [-0.1, -0.05) is 38.1 Å². The number of carbonyl (C=O) groups excluding carboxylic acids is 2. The summed E-state index contributed by atoms with van der Waals surface area (Å²) in [5.41, 5.74) is 1.37. The number of para-hydroxylation sites is 2. The van der Waals surface area contributed by atoms with Gasteiger partial charge in [-0.2, -0.15) is 0 Å². The van der Waals surface area contributed by atoms with Crippen LogP contribution in [0.5, 0.6) is 5.75 Å². The molecule has 2 amide bonds. The topological polar surface area (TPSA) is 58.6 Å². The van der Waals surface area contributed by atoms with Crippen molar-refractivity contribution in [2.24, 2.45) is 5.92 Å². The lowest BCUT2D eigenvalue weighted by molar-refractivity contribution is -0.121. The maximum Gasteiger partial charge on any atom is 0.255 e. The predicted molar refractivity (Wildman–Crippen MR) is 118 cm³/mol. The van der Waals surface area contributed by atoms with E-state index in [4.69, 9.17) is 4.74 Å². The van der Waals surface area contributed by atoms with Gasteiger partial charge in [-0.05, 0) is 49.3 Å². The fourth-order valence-corrected chi connectivity index (χ4v) is 4.39. The lowest BCUT2D eigenvalue weighted by atomic mass is 10.0. The van der Waals surface area contributed by atoms with Crippen molar-refractivity contribution >= 4 is 29.3 Å². The van der Waals surface area contributed by atoms with Gasteiger partial charge >= 0.3 is 0 Å². The first-order valence-corrected chi connectivity index (χ1v) is 11.1. The maximum absolute atomic E-state index is 13.5. The number of nitrogens with one attached hydrogen (secondary N) is 1. The van der Waals surface area contributed by atoms with E-state index in [0.29, 0.717) is 24.5 Å². The van der Waals surface area contributed by atoms with E-state index in [9.17, 15) is 9.59 Å². The van der Waals surface area contributed by atoms with Crippen LogP contribution in [0, 0.1) is 5.92 Å². The zero-order valence-electron chi connectivity index (χ0n) is 17.2. The Balaban J connectivity index is 1.85. The third-order valence-electron chi connectivity index (χ3n) is 4.86. The van der Waals surface area contributed by atoms with Gasteiger partial charge in [0.15, 0.2) is 0 Å². The number of hydrogen-bond acceptors (Lipinski definition) is 4. The van der Waals surface area contributed by atoms with E-state index in [1.54, 1.807) is 30.0 Å². The molecule has 0 radical (unpaired) electrons. The van der Waals surface area contributed by atoms with Crippen molar-refractivity contribution in [2.75, 3.05) is 23.8 Å². The normalized spacial score (nSPS) is 14.7. The van der Waals surface area contributed by atoms with Crippen LogP contribution in [0.1, 0.15) is 37.6 Å². The fraction of sp³-hybridized carbons (Fsp3) is 0.391. The van der Waals surface area contributed by atoms with Crippen molar-refractivity contribution < 1.29 is 14.3 Å². The van der Waals surface area contributed by atoms with Gasteiger partial charge < -0.3 is 15.0 Å². The van der Waals surface area contributed by atoms with Crippen molar-refractivity contribution in [3.05, 3.63) is 54.1 Å². The summed E-state index contributed by atoms with van der Waals surface area (Å²) in [5, 5.41) is 2.96. The largest absolute Gasteiger partial charge is 0.493 e. The summed E-state index contributed by atoms with van der Waals surface area (Å²) in [6, 6.07) is 14.5. The van der Waals surface area contributed by atoms with Gasteiger partial charge in [-0.3, -0.25) is 9.59 Å². The number of hydrogen-bond donors (Lipinski definition) is 1. The van der Waals surface area contributed by atoms with Gasteiger partial charge in [-0.25, -0.2) is 0 Å². The van der Waals surface area contributed by atoms with Gasteiger partial charge in [0, 0.05) is 11.4 Å². The number of fused-ring (bicyclic) bond motifs is 1. The van der Waals surface area contributed by atoms with Gasteiger partial charge in [0.05, 0.1) is 17.9 Å². The summed E-state index contributed by atoms with van der Waals surface area (Å²) in [5.74, 6) is 1.09. The molecule has 0 spiro atoms. The first kappa shape index (κ1) is 21.2. The van der Waals surface area contributed by atoms with Crippen LogP contribution < -0.4 is 15.0 Å². The van der Waals surface area contributed by atoms with Gasteiger partial charge in [0.2, 0.25) is 5.91 Å². The molecule has 0 bridgehead atoms. The molecule has 2 aromatic carbocycles. The van der Waals surface area contributed by atoms with Crippen LogP contribution in [0.15, 0.2) is 53.4 Å². The Morgan fingerprint density at radius 1 is 1.14 bits per heavy atom. The zero-order chi connectivity index (χ0) is 20.8. The highest BCUT2D eigenvalue weighted by molar-refractivity contribution is 7.99. The molecule has 1 heterocycles. The second-order valence-corrected chi connectivity index (χ2v) is 8.42. The van der Waals surface area contributed by atoms with Gasteiger partial charge in [-0.15, -0.1) is 11.8 Å². The highest BCUT2D eigenvalue weighted by atomic mass is 32.2. The Morgan fingerprint density at radius 3 is 2.62 bits per heavy atom. The molecule has 0 saturated heterocycles. The molecule has 1 N–H and O–H groups in total. The van der Waals surface area contributed by atoms with E-state index in [-0.39, 0.29) is 17.7 Å². The highest BCUT2D eigenvalue weighted by Crippen LogP contribution is 2.34. The van der Waals surface area contributed by atoms with E-state index < -0.39 is 6.04 Å². The molecule has 3 rings (SSSR count). The molecule has 0 aromatic heterocycles. The Hall–Kier alpha value is -2.47. The van der Waals surface area contributed by atoms with E-state index in [1.807, 2.05) is 56.0 Å². The Labute approximate surface area is 176 Å². The van der Waals surface area contributed by atoms with Crippen molar-refractivity contribution in [1.82, 2.24) is 5.32 Å². The molecule has 0 fully saturated rings. The van der Waals surface area contributed by atoms with Crippen LogP contribution in [-0.2, 0) is 4.79 Å². The van der Waals surface area contributed by atoms with Crippen molar-refractivity contribution in [2.45, 2.75) is 38.1 Å². The summed E-state index contributed by atoms with van der Waals surface area (Å²) in [7, 11) is 0. The summed E-state index contributed by atoms with van der Waals surface area (Å²) >= 11 is 1.77. The third-order valence-corrected chi connectivity index (χ3v) is 6.01. The molecule has 0 saturated carbocycles. The Kier molecular flexibility index (Phi) is 7.20. The molecule has 6 heteroatoms. The molecule has 5 nitrogen and oxygen atoms in total. The second kappa shape index (κ2) is 9.83. The summed E-state index contributed by atoms with van der Waals surface area (Å²) in [6.07, 6.45) is 0.914.